The van der Waals surface area contributed by atoms with Gasteiger partial charge in [-0.2, -0.15) is 13.2 Å². The van der Waals surface area contributed by atoms with Crippen molar-refractivity contribution in [1.29, 1.82) is 0 Å². The molecule has 0 bridgehead atoms. The fourth-order valence-corrected chi connectivity index (χ4v) is 1.47. The minimum Gasteiger partial charge on any atom is -0.506 e. The Morgan fingerprint density at radius 3 is 2.50 bits per heavy atom. The van der Waals surface area contributed by atoms with E-state index >= 15 is 0 Å². The van der Waals surface area contributed by atoms with Crippen LogP contribution in [-0.2, 0) is 6.54 Å². The maximum absolute atomic E-state index is 12.5. The predicted molar refractivity (Wildman–Crippen MR) is 50.8 cm³/mol. The summed E-state index contributed by atoms with van der Waals surface area (Å²) in [4.78, 5) is 3.81. The van der Waals surface area contributed by atoms with Crippen LogP contribution in [0.5, 0.6) is 5.75 Å². The van der Waals surface area contributed by atoms with E-state index in [1.54, 1.807) is 0 Å². The number of halogens is 3. The number of aromatic hydroxyl groups is 1. The Morgan fingerprint density at radius 2 is 2.06 bits per heavy atom. The van der Waals surface area contributed by atoms with Crippen LogP contribution in [-0.4, -0.2) is 21.8 Å². The van der Waals surface area contributed by atoms with E-state index in [2.05, 4.69) is 10.3 Å². The molecule has 0 unspecified atom stereocenters. The Labute approximate surface area is 90.3 Å². The molecule has 6 heteroatoms. The average Bonchev–Trinajstić information content (AvgIpc) is 2.97. The van der Waals surface area contributed by atoms with Crippen molar-refractivity contribution >= 4 is 0 Å². The van der Waals surface area contributed by atoms with Crippen LogP contribution in [0.3, 0.4) is 0 Å². The normalized spacial score (nSPS) is 18.4. The quantitative estimate of drug-likeness (QED) is 0.837. The summed E-state index contributed by atoms with van der Waals surface area (Å²) in [6, 6.07) is 2.89. The van der Waals surface area contributed by atoms with Gasteiger partial charge in [-0.3, -0.25) is 10.3 Å². The maximum Gasteiger partial charge on any atom is 0.406 e. The lowest BCUT2D eigenvalue weighted by Crippen LogP contribution is -2.44. The van der Waals surface area contributed by atoms with E-state index in [4.69, 9.17) is 5.11 Å². The van der Waals surface area contributed by atoms with E-state index in [0.717, 1.165) is 0 Å². The molecule has 88 valence electrons. The summed E-state index contributed by atoms with van der Waals surface area (Å²) >= 11 is 0. The second kappa shape index (κ2) is 3.62. The number of nitrogens with one attached hydrogen (secondary N) is 1. The van der Waals surface area contributed by atoms with Crippen molar-refractivity contribution in [2.75, 3.05) is 0 Å². The summed E-state index contributed by atoms with van der Waals surface area (Å²) < 4.78 is 37.6. The molecule has 0 spiro atoms. The molecule has 0 aromatic carbocycles. The van der Waals surface area contributed by atoms with Gasteiger partial charge in [0.05, 0.1) is 11.9 Å². The van der Waals surface area contributed by atoms with Gasteiger partial charge in [-0.1, -0.05) is 0 Å². The third-order valence-electron chi connectivity index (χ3n) is 2.71. The van der Waals surface area contributed by atoms with Gasteiger partial charge in [0.15, 0.2) is 0 Å². The minimum absolute atomic E-state index is 0.000654. The van der Waals surface area contributed by atoms with Crippen molar-refractivity contribution < 1.29 is 18.3 Å². The molecule has 2 N–H and O–H groups in total. The van der Waals surface area contributed by atoms with E-state index in [9.17, 15) is 13.2 Å². The summed E-state index contributed by atoms with van der Waals surface area (Å²) in [5, 5.41) is 11.4. The van der Waals surface area contributed by atoms with Crippen LogP contribution in [0.1, 0.15) is 18.5 Å². The van der Waals surface area contributed by atoms with Gasteiger partial charge in [-0.15, -0.1) is 0 Å². The van der Waals surface area contributed by atoms with Crippen LogP contribution >= 0.6 is 0 Å². The summed E-state index contributed by atoms with van der Waals surface area (Å²) in [6.45, 7) is 0.0553. The molecule has 1 aromatic heterocycles. The Kier molecular flexibility index (Phi) is 2.53. The molecule has 0 amide bonds. The predicted octanol–water partition coefficient (Wildman–Crippen LogP) is 1.97. The highest BCUT2D eigenvalue weighted by Gasteiger charge is 2.62. The molecule has 1 saturated carbocycles. The lowest BCUT2D eigenvalue weighted by Gasteiger charge is -2.20. The fourth-order valence-electron chi connectivity index (χ4n) is 1.47. The molecule has 1 fully saturated rings. The van der Waals surface area contributed by atoms with E-state index in [0.29, 0.717) is 5.69 Å². The summed E-state index contributed by atoms with van der Waals surface area (Å²) in [6.07, 6.45) is -2.75. The highest BCUT2D eigenvalue weighted by atomic mass is 19.4. The first-order valence-electron chi connectivity index (χ1n) is 4.89. The smallest absolute Gasteiger partial charge is 0.406 e. The Bertz CT molecular complexity index is 371. The number of hydrogen-bond donors (Lipinski definition) is 2. The van der Waals surface area contributed by atoms with Gasteiger partial charge in [0, 0.05) is 6.54 Å². The fraction of sp³-hybridized carbons (Fsp3) is 0.500. The van der Waals surface area contributed by atoms with Crippen LogP contribution in [0.15, 0.2) is 18.3 Å². The molecule has 2 rings (SSSR count). The van der Waals surface area contributed by atoms with Gasteiger partial charge in [-0.25, -0.2) is 0 Å². The van der Waals surface area contributed by atoms with Gasteiger partial charge in [0.25, 0.3) is 0 Å². The van der Waals surface area contributed by atoms with E-state index in [1.807, 2.05) is 0 Å². The van der Waals surface area contributed by atoms with Gasteiger partial charge < -0.3 is 5.11 Å². The molecule has 0 atom stereocenters. The molecule has 1 heterocycles. The second-order valence-corrected chi connectivity index (χ2v) is 3.94. The van der Waals surface area contributed by atoms with Gasteiger partial charge in [0.1, 0.15) is 11.3 Å². The number of alkyl halides is 3. The molecular weight excluding hydrogens is 221 g/mol. The Balaban J connectivity index is 1.96. The van der Waals surface area contributed by atoms with Crippen molar-refractivity contribution in [2.45, 2.75) is 31.1 Å². The van der Waals surface area contributed by atoms with Crippen LogP contribution in [0.2, 0.25) is 0 Å². The van der Waals surface area contributed by atoms with Crippen LogP contribution < -0.4 is 5.32 Å². The first kappa shape index (κ1) is 11.2. The number of aromatic nitrogens is 1. The summed E-state index contributed by atoms with van der Waals surface area (Å²) in [5.41, 5.74) is -1.24. The molecule has 16 heavy (non-hydrogen) atoms. The van der Waals surface area contributed by atoms with Gasteiger partial charge in [-0.05, 0) is 25.0 Å². The minimum atomic E-state index is -4.20. The first-order valence-corrected chi connectivity index (χ1v) is 4.89. The topological polar surface area (TPSA) is 45.1 Å². The van der Waals surface area contributed by atoms with E-state index in [-0.39, 0.29) is 25.1 Å². The summed E-state index contributed by atoms with van der Waals surface area (Å²) in [7, 11) is 0. The zero-order valence-electron chi connectivity index (χ0n) is 8.38. The zero-order valence-corrected chi connectivity index (χ0v) is 8.38. The monoisotopic (exact) mass is 232 g/mol. The molecule has 0 aliphatic heterocycles. The largest absolute Gasteiger partial charge is 0.506 e. The van der Waals surface area contributed by atoms with Crippen LogP contribution in [0.4, 0.5) is 13.2 Å². The molecule has 3 nitrogen and oxygen atoms in total. The third kappa shape index (κ3) is 2.11. The third-order valence-corrected chi connectivity index (χ3v) is 2.71. The van der Waals surface area contributed by atoms with Crippen molar-refractivity contribution in [3.63, 3.8) is 0 Å². The molecular formula is C10H11F3N2O. The Morgan fingerprint density at radius 1 is 1.38 bits per heavy atom. The van der Waals surface area contributed by atoms with Crippen LogP contribution in [0, 0.1) is 0 Å². The molecule has 1 aliphatic rings. The Hall–Kier alpha value is -1.30. The van der Waals surface area contributed by atoms with Gasteiger partial charge in [0.2, 0.25) is 0 Å². The molecule has 0 radical (unpaired) electrons. The highest BCUT2D eigenvalue weighted by Crippen LogP contribution is 2.48. The number of nitrogens with zero attached hydrogens (tertiary/aromatic N) is 1. The second-order valence-electron chi connectivity index (χ2n) is 3.94. The maximum atomic E-state index is 12.5. The average molecular weight is 232 g/mol. The zero-order chi connectivity index (χ0) is 11.8. The standard InChI is InChI=1S/C10H11F3N2O/c11-10(12,13)9(3-4-9)15-5-7-1-2-8(16)6-14-7/h1-2,6,15-16H,3-5H2. The van der Waals surface area contributed by atoms with Gasteiger partial charge >= 0.3 is 6.18 Å². The molecule has 0 saturated heterocycles. The number of pyridine rings is 1. The van der Waals surface area contributed by atoms with Crippen molar-refractivity contribution in [1.82, 2.24) is 10.3 Å². The summed E-state index contributed by atoms with van der Waals surface area (Å²) in [5.74, 6) is 0.000654. The van der Waals surface area contributed by atoms with E-state index in [1.165, 1.54) is 18.3 Å². The van der Waals surface area contributed by atoms with Crippen LogP contribution in [0.25, 0.3) is 0 Å². The van der Waals surface area contributed by atoms with Crippen molar-refractivity contribution in [2.24, 2.45) is 0 Å². The lowest BCUT2D eigenvalue weighted by atomic mass is 10.2. The number of hydrogen-bond acceptors (Lipinski definition) is 3. The first-order chi connectivity index (χ1) is 7.43. The van der Waals surface area contributed by atoms with Crippen molar-refractivity contribution in [3.05, 3.63) is 24.0 Å². The van der Waals surface area contributed by atoms with Crippen molar-refractivity contribution in [3.8, 4) is 5.75 Å². The van der Waals surface area contributed by atoms with E-state index < -0.39 is 11.7 Å². The number of rotatable bonds is 3. The SMILES string of the molecule is Oc1ccc(CNC2(C(F)(F)F)CC2)nc1. The lowest BCUT2D eigenvalue weighted by molar-refractivity contribution is -0.166. The highest BCUT2D eigenvalue weighted by molar-refractivity contribution is 5.18. The molecule has 1 aliphatic carbocycles. The molecule has 1 aromatic rings.